The van der Waals surface area contributed by atoms with E-state index >= 15 is 0 Å². The Bertz CT molecular complexity index is 816. The van der Waals surface area contributed by atoms with Crippen LogP contribution in [0.5, 0.6) is 0 Å². The van der Waals surface area contributed by atoms with Crippen molar-refractivity contribution < 1.29 is 14.7 Å². The number of carbonyl (C=O) groups excluding carboxylic acids is 2. The van der Waals surface area contributed by atoms with E-state index in [1.165, 1.54) is 5.56 Å². The van der Waals surface area contributed by atoms with E-state index in [0.717, 1.165) is 24.4 Å². The number of aromatic nitrogens is 2. The summed E-state index contributed by atoms with van der Waals surface area (Å²) in [5, 5.41) is 12.2. The fraction of sp³-hybridized carbons (Fsp3) is 0.476. The Balaban J connectivity index is 1.62. The van der Waals surface area contributed by atoms with E-state index in [9.17, 15) is 14.7 Å². The largest absolute Gasteiger partial charge is 0.394 e. The number of nitrogens with one attached hydrogen (secondary N) is 1. The molecule has 0 unspecified atom stereocenters. The van der Waals surface area contributed by atoms with Crippen LogP contribution in [-0.2, 0) is 35.5 Å². The van der Waals surface area contributed by atoms with E-state index < -0.39 is 12.6 Å². The molecule has 2 N–H and O–H groups in total. The first-order valence-corrected chi connectivity index (χ1v) is 9.76. The van der Waals surface area contributed by atoms with Crippen molar-refractivity contribution in [3.05, 3.63) is 53.6 Å². The third-order valence-electron chi connectivity index (χ3n) is 5.11. The highest BCUT2D eigenvalue weighted by Crippen LogP contribution is 2.19. The minimum Gasteiger partial charge on any atom is -0.394 e. The van der Waals surface area contributed by atoms with Gasteiger partial charge in [0.25, 0.3) is 0 Å². The van der Waals surface area contributed by atoms with Crippen molar-refractivity contribution >= 4 is 11.8 Å². The second-order valence-electron chi connectivity index (χ2n) is 7.48. The number of benzene rings is 1. The molecule has 0 spiro atoms. The smallest absolute Gasteiger partial charge is 0.247 e. The van der Waals surface area contributed by atoms with Gasteiger partial charge in [0.2, 0.25) is 11.8 Å². The number of rotatable bonds is 7. The quantitative estimate of drug-likeness (QED) is 0.750. The SMILES string of the molecule is CC(C)C(=O)N[C@@H](CO)C(=O)N1CCc2c(ncn2CCc2ccccc2)C1. The lowest BCUT2D eigenvalue weighted by Crippen LogP contribution is -2.52. The molecule has 3 rings (SSSR count). The van der Waals surface area contributed by atoms with Gasteiger partial charge in [-0.1, -0.05) is 44.2 Å². The molecule has 2 amide bonds. The molecule has 0 saturated heterocycles. The van der Waals surface area contributed by atoms with Gasteiger partial charge in [-0.2, -0.15) is 0 Å². The fourth-order valence-corrected chi connectivity index (χ4v) is 3.39. The molecular formula is C21H28N4O3. The second-order valence-corrected chi connectivity index (χ2v) is 7.48. The van der Waals surface area contributed by atoms with Gasteiger partial charge in [0.1, 0.15) is 6.04 Å². The standard InChI is InChI=1S/C21H28N4O3/c1-15(2)20(27)23-18(13-26)21(28)24-11-9-19-17(12-24)22-14-25(19)10-8-16-6-4-3-5-7-16/h3-7,14-15,18,26H,8-13H2,1-2H3,(H,23,27)/t18-/m0/s1. The Morgan fingerprint density at radius 2 is 2.00 bits per heavy atom. The number of hydrogen-bond acceptors (Lipinski definition) is 4. The summed E-state index contributed by atoms with van der Waals surface area (Å²) in [5.74, 6) is -0.744. The van der Waals surface area contributed by atoms with E-state index in [4.69, 9.17) is 0 Å². The summed E-state index contributed by atoms with van der Waals surface area (Å²) >= 11 is 0. The third-order valence-corrected chi connectivity index (χ3v) is 5.11. The van der Waals surface area contributed by atoms with Gasteiger partial charge in [0.15, 0.2) is 0 Å². The molecule has 1 aromatic carbocycles. The highest BCUT2D eigenvalue weighted by Gasteiger charge is 2.30. The van der Waals surface area contributed by atoms with Gasteiger partial charge in [-0.3, -0.25) is 9.59 Å². The molecule has 7 heteroatoms. The molecule has 1 atom stereocenters. The van der Waals surface area contributed by atoms with Crippen molar-refractivity contribution in [2.24, 2.45) is 5.92 Å². The zero-order chi connectivity index (χ0) is 20.1. The summed E-state index contributed by atoms with van der Waals surface area (Å²) in [6, 6.07) is 9.42. The summed E-state index contributed by atoms with van der Waals surface area (Å²) < 4.78 is 2.16. The molecular weight excluding hydrogens is 356 g/mol. The van der Waals surface area contributed by atoms with Gasteiger partial charge >= 0.3 is 0 Å². The van der Waals surface area contributed by atoms with Gasteiger partial charge in [-0.15, -0.1) is 0 Å². The average molecular weight is 384 g/mol. The lowest BCUT2D eigenvalue weighted by atomic mass is 10.1. The molecule has 2 aromatic rings. The first kappa shape index (κ1) is 20.1. The zero-order valence-electron chi connectivity index (χ0n) is 16.5. The number of imidazole rings is 1. The normalized spacial score (nSPS) is 14.6. The molecule has 1 aliphatic rings. The zero-order valence-corrected chi connectivity index (χ0v) is 16.5. The van der Waals surface area contributed by atoms with Crippen molar-refractivity contribution in [2.45, 2.75) is 45.8 Å². The van der Waals surface area contributed by atoms with Gasteiger partial charge in [-0.05, 0) is 12.0 Å². The summed E-state index contributed by atoms with van der Waals surface area (Å²) in [6.07, 6.45) is 3.48. The maximum absolute atomic E-state index is 12.7. The predicted octanol–water partition coefficient (Wildman–Crippen LogP) is 1.14. The number of amides is 2. The molecule has 7 nitrogen and oxygen atoms in total. The number of nitrogens with zero attached hydrogens (tertiary/aromatic N) is 3. The fourth-order valence-electron chi connectivity index (χ4n) is 3.39. The van der Waals surface area contributed by atoms with Gasteiger partial charge in [-0.25, -0.2) is 4.98 Å². The summed E-state index contributed by atoms with van der Waals surface area (Å²) in [4.78, 5) is 30.8. The highest BCUT2D eigenvalue weighted by molar-refractivity contribution is 5.88. The van der Waals surface area contributed by atoms with Gasteiger partial charge in [0, 0.05) is 31.1 Å². The molecule has 1 aliphatic heterocycles. The number of fused-ring (bicyclic) bond motifs is 1. The molecule has 0 saturated carbocycles. The van der Waals surface area contributed by atoms with E-state index in [0.29, 0.717) is 19.5 Å². The van der Waals surface area contributed by atoms with Crippen LogP contribution in [0.2, 0.25) is 0 Å². The Labute approximate surface area is 165 Å². The molecule has 28 heavy (non-hydrogen) atoms. The van der Waals surface area contributed by atoms with Crippen LogP contribution in [0.25, 0.3) is 0 Å². The Kier molecular flexibility index (Phi) is 6.46. The number of aliphatic hydroxyl groups excluding tert-OH is 1. The van der Waals surface area contributed by atoms with Crippen LogP contribution in [0.4, 0.5) is 0 Å². The summed E-state index contributed by atoms with van der Waals surface area (Å²) in [7, 11) is 0. The summed E-state index contributed by atoms with van der Waals surface area (Å²) in [6.45, 7) is 4.90. The monoisotopic (exact) mass is 384 g/mol. The molecule has 150 valence electrons. The first-order chi connectivity index (χ1) is 13.5. The molecule has 2 heterocycles. The van der Waals surface area contributed by atoms with Gasteiger partial charge in [0.05, 0.1) is 25.2 Å². The van der Waals surface area contributed by atoms with E-state index in [-0.39, 0.29) is 17.7 Å². The van der Waals surface area contributed by atoms with Gasteiger partial charge < -0.3 is 19.9 Å². The van der Waals surface area contributed by atoms with Crippen LogP contribution >= 0.6 is 0 Å². The molecule has 0 fully saturated rings. The van der Waals surface area contributed by atoms with Crippen molar-refractivity contribution in [2.75, 3.05) is 13.2 Å². The van der Waals surface area contributed by atoms with E-state index in [1.807, 2.05) is 24.5 Å². The Hall–Kier alpha value is -2.67. The van der Waals surface area contributed by atoms with Crippen LogP contribution in [0.1, 0.15) is 30.8 Å². The molecule has 1 aromatic heterocycles. The average Bonchev–Trinajstić information content (AvgIpc) is 3.12. The minimum atomic E-state index is -0.906. The minimum absolute atomic E-state index is 0.240. The van der Waals surface area contributed by atoms with Crippen molar-refractivity contribution in [1.29, 1.82) is 0 Å². The van der Waals surface area contributed by atoms with E-state index in [2.05, 4.69) is 27.0 Å². The third kappa shape index (κ3) is 4.59. The molecule has 0 aliphatic carbocycles. The lowest BCUT2D eigenvalue weighted by molar-refractivity contribution is -0.139. The predicted molar refractivity (Wildman–Crippen MR) is 105 cm³/mol. The number of carbonyl (C=O) groups is 2. The maximum Gasteiger partial charge on any atom is 0.247 e. The van der Waals surface area contributed by atoms with Crippen LogP contribution in [0.15, 0.2) is 36.7 Å². The first-order valence-electron chi connectivity index (χ1n) is 9.76. The second kappa shape index (κ2) is 9.01. The van der Waals surface area contributed by atoms with Crippen LogP contribution < -0.4 is 5.32 Å². The van der Waals surface area contributed by atoms with Crippen LogP contribution in [0.3, 0.4) is 0 Å². The Morgan fingerprint density at radius 1 is 1.25 bits per heavy atom. The van der Waals surface area contributed by atoms with Crippen LogP contribution in [0, 0.1) is 5.92 Å². The Morgan fingerprint density at radius 3 is 2.68 bits per heavy atom. The molecule has 0 radical (unpaired) electrons. The summed E-state index contributed by atoms with van der Waals surface area (Å²) in [5.41, 5.74) is 3.33. The lowest BCUT2D eigenvalue weighted by Gasteiger charge is -2.30. The topological polar surface area (TPSA) is 87.5 Å². The molecule has 0 bridgehead atoms. The number of aliphatic hydroxyl groups is 1. The van der Waals surface area contributed by atoms with Crippen molar-refractivity contribution in [1.82, 2.24) is 19.8 Å². The number of hydrogen-bond donors (Lipinski definition) is 2. The van der Waals surface area contributed by atoms with E-state index in [1.54, 1.807) is 18.7 Å². The maximum atomic E-state index is 12.7. The van der Waals surface area contributed by atoms with Crippen molar-refractivity contribution in [3.8, 4) is 0 Å². The number of aryl methyl sites for hydroxylation is 2. The highest BCUT2D eigenvalue weighted by atomic mass is 16.3. The van der Waals surface area contributed by atoms with Crippen molar-refractivity contribution in [3.63, 3.8) is 0 Å². The van der Waals surface area contributed by atoms with Crippen LogP contribution in [-0.4, -0.2) is 50.6 Å².